The molecule has 0 fully saturated rings. The van der Waals surface area contributed by atoms with Crippen molar-refractivity contribution in [3.8, 4) is 17.1 Å². The van der Waals surface area contributed by atoms with Crippen LogP contribution in [0.1, 0.15) is 36.2 Å². The van der Waals surface area contributed by atoms with Gasteiger partial charge in [-0.15, -0.1) is 0 Å². The molecular weight excluding hydrogens is 422 g/mol. The van der Waals surface area contributed by atoms with E-state index < -0.39 is 5.97 Å². The van der Waals surface area contributed by atoms with Gasteiger partial charge in [-0.3, -0.25) is 9.59 Å². The predicted octanol–water partition coefficient (Wildman–Crippen LogP) is 4.87. The Bertz CT molecular complexity index is 1030. The van der Waals surface area contributed by atoms with E-state index in [0.717, 1.165) is 16.9 Å². The van der Waals surface area contributed by atoms with Gasteiger partial charge in [-0.25, -0.2) is 0 Å². The fraction of sp³-hybridized carbons (Fsp3) is 0.308. The van der Waals surface area contributed by atoms with Crippen LogP contribution in [0.15, 0.2) is 71.3 Å². The van der Waals surface area contributed by atoms with E-state index in [1.54, 1.807) is 11.2 Å². The van der Waals surface area contributed by atoms with Crippen molar-refractivity contribution < 1.29 is 28.6 Å². The SMILES string of the molecule is CC(C)N(Cc1ccccc1OCCOCCC(=O)O)C(=O)c1ccc(-c2ccco2)cc1. The van der Waals surface area contributed by atoms with Crippen LogP contribution in [0.4, 0.5) is 0 Å². The summed E-state index contributed by atoms with van der Waals surface area (Å²) in [6.45, 7) is 5.09. The maximum Gasteiger partial charge on any atom is 0.305 e. The van der Waals surface area contributed by atoms with Gasteiger partial charge in [-0.1, -0.05) is 30.3 Å². The topological polar surface area (TPSA) is 89.2 Å². The van der Waals surface area contributed by atoms with Crippen molar-refractivity contribution in [3.63, 3.8) is 0 Å². The Morgan fingerprint density at radius 3 is 2.39 bits per heavy atom. The van der Waals surface area contributed by atoms with E-state index in [0.29, 0.717) is 24.5 Å². The molecule has 1 amide bonds. The highest BCUT2D eigenvalue weighted by molar-refractivity contribution is 5.94. The van der Waals surface area contributed by atoms with Crippen molar-refractivity contribution in [1.29, 1.82) is 0 Å². The van der Waals surface area contributed by atoms with Crippen molar-refractivity contribution in [2.24, 2.45) is 0 Å². The molecule has 0 saturated heterocycles. The summed E-state index contributed by atoms with van der Waals surface area (Å²) < 4.78 is 16.5. The molecule has 0 aliphatic rings. The zero-order chi connectivity index (χ0) is 23.6. The van der Waals surface area contributed by atoms with Crippen LogP contribution < -0.4 is 4.74 Å². The van der Waals surface area contributed by atoms with E-state index >= 15 is 0 Å². The largest absolute Gasteiger partial charge is 0.491 e. The van der Waals surface area contributed by atoms with Gasteiger partial charge >= 0.3 is 5.97 Å². The molecule has 0 spiro atoms. The molecule has 0 bridgehead atoms. The summed E-state index contributed by atoms with van der Waals surface area (Å²) in [5, 5.41) is 8.65. The number of carboxylic acid groups (broad SMARTS) is 1. The number of ether oxygens (including phenoxy) is 2. The summed E-state index contributed by atoms with van der Waals surface area (Å²) in [4.78, 5) is 25.6. The van der Waals surface area contributed by atoms with Gasteiger partial charge < -0.3 is 23.9 Å². The van der Waals surface area contributed by atoms with Crippen molar-refractivity contribution in [1.82, 2.24) is 4.90 Å². The number of hydrogen-bond acceptors (Lipinski definition) is 5. The maximum absolute atomic E-state index is 13.3. The van der Waals surface area contributed by atoms with Crippen LogP contribution in [0, 0.1) is 0 Å². The van der Waals surface area contributed by atoms with Crippen molar-refractivity contribution in [3.05, 3.63) is 78.1 Å². The highest BCUT2D eigenvalue weighted by atomic mass is 16.5. The lowest BCUT2D eigenvalue weighted by Gasteiger charge is -2.28. The number of hydrogen-bond donors (Lipinski definition) is 1. The summed E-state index contributed by atoms with van der Waals surface area (Å²) in [5.41, 5.74) is 2.40. The van der Waals surface area contributed by atoms with Gasteiger partial charge in [0.15, 0.2) is 0 Å². The monoisotopic (exact) mass is 451 g/mol. The first-order chi connectivity index (χ1) is 16.0. The molecule has 0 atom stereocenters. The molecule has 2 aromatic carbocycles. The molecule has 7 heteroatoms. The fourth-order valence-corrected chi connectivity index (χ4v) is 3.31. The standard InChI is InChI=1S/C26H29NO6/c1-19(2)27(26(30)21-11-9-20(10-12-21)23-8-5-14-32-23)18-22-6-3-4-7-24(22)33-17-16-31-15-13-25(28)29/h3-12,14,19H,13,15-18H2,1-2H3,(H,28,29). The second-order valence-corrected chi connectivity index (χ2v) is 7.79. The van der Waals surface area contributed by atoms with Crippen molar-refractivity contribution in [2.75, 3.05) is 19.8 Å². The van der Waals surface area contributed by atoms with Crippen LogP contribution in [0.2, 0.25) is 0 Å². The Hall–Kier alpha value is -3.58. The van der Waals surface area contributed by atoms with Crippen LogP contribution in [0.3, 0.4) is 0 Å². The van der Waals surface area contributed by atoms with Crippen LogP contribution in [-0.4, -0.2) is 47.7 Å². The molecule has 0 radical (unpaired) electrons. The molecule has 1 N–H and O–H groups in total. The summed E-state index contributed by atoms with van der Waals surface area (Å²) in [6.07, 6.45) is 1.58. The molecule has 1 aromatic heterocycles. The van der Waals surface area contributed by atoms with Gasteiger partial charge in [0.2, 0.25) is 0 Å². The lowest BCUT2D eigenvalue weighted by molar-refractivity contribution is -0.138. The molecule has 7 nitrogen and oxygen atoms in total. The van der Waals surface area contributed by atoms with Crippen LogP contribution in [0.25, 0.3) is 11.3 Å². The number of para-hydroxylation sites is 1. The van der Waals surface area contributed by atoms with Crippen LogP contribution in [0.5, 0.6) is 5.75 Å². The molecule has 0 saturated carbocycles. The number of carbonyl (C=O) groups is 2. The van der Waals surface area contributed by atoms with Gasteiger partial charge in [0.1, 0.15) is 18.1 Å². The average molecular weight is 452 g/mol. The van der Waals surface area contributed by atoms with Crippen molar-refractivity contribution >= 4 is 11.9 Å². The Kier molecular flexibility index (Phi) is 8.66. The van der Waals surface area contributed by atoms with E-state index in [1.807, 2.05) is 74.5 Å². The number of nitrogens with zero attached hydrogens (tertiary/aromatic N) is 1. The highest BCUT2D eigenvalue weighted by Gasteiger charge is 2.21. The van der Waals surface area contributed by atoms with E-state index in [1.165, 1.54) is 0 Å². The van der Waals surface area contributed by atoms with Gasteiger partial charge in [0.05, 0.1) is 25.9 Å². The van der Waals surface area contributed by atoms with Crippen LogP contribution >= 0.6 is 0 Å². The minimum Gasteiger partial charge on any atom is -0.491 e. The van der Waals surface area contributed by atoms with E-state index in [9.17, 15) is 9.59 Å². The van der Waals surface area contributed by atoms with Gasteiger partial charge in [-0.05, 0) is 44.2 Å². The third-order valence-corrected chi connectivity index (χ3v) is 5.08. The molecule has 0 aliphatic heterocycles. The Morgan fingerprint density at radius 1 is 0.970 bits per heavy atom. The average Bonchev–Trinajstić information content (AvgIpc) is 3.35. The summed E-state index contributed by atoms with van der Waals surface area (Å²) >= 11 is 0. The first-order valence-electron chi connectivity index (χ1n) is 10.9. The quantitative estimate of drug-likeness (QED) is 0.395. The first kappa shape index (κ1) is 24.1. The number of carbonyl (C=O) groups excluding carboxylic acids is 1. The highest BCUT2D eigenvalue weighted by Crippen LogP contribution is 2.24. The maximum atomic E-state index is 13.3. The molecule has 3 aromatic rings. The number of furan rings is 1. The molecule has 1 heterocycles. The zero-order valence-corrected chi connectivity index (χ0v) is 18.9. The Balaban J connectivity index is 1.64. The lowest BCUT2D eigenvalue weighted by Crippen LogP contribution is -2.36. The molecule has 0 unspecified atom stereocenters. The molecular formula is C26H29NO6. The van der Waals surface area contributed by atoms with Crippen molar-refractivity contribution in [2.45, 2.75) is 32.9 Å². The number of carboxylic acids is 1. The minimum atomic E-state index is -0.893. The zero-order valence-electron chi connectivity index (χ0n) is 18.9. The number of aliphatic carboxylic acids is 1. The Labute approximate surface area is 193 Å². The van der Waals surface area contributed by atoms with Gasteiger partial charge in [-0.2, -0.15) is 0 Å². The molecule has 174 valence electrons. The smallest absolute Gasteiger partial charge is 0.305 e. The minimum absolute atomic E-state index is 0.0188. The van der Waals surface area contributed by atoms with E-state index in [4.69, 9.17) is 19.0 Å². The Morgan fingerprint density at radius 2 is 1.73 bits per heavy atom. The molecule has 33 heavy (non-hydrogen) atoms. The second kappa shape index (κ2) is 11.9. The third-order valence-electron chi connectivity index (χ3n) is 5.08. The van der Waals surface area contributed by atoms with Crippen LogP contribution in [-0.2, 0) is 16.1 Å². The van der Waals surface area contributed by atoms with Gasteiger partial charge in [0.25, 0.3) is 5.91 Å². The summed E-state index contributed by atoms with van der Waals surface area (Å²) in [6, 6.07) is 18.6. The molecule has 3 rings (SSSR count). The summed E-state index contributed by atoms with van der Waals surface area (Å²) in [5.74, 6) is 0.469. The second-order valence-electron chi connectivity index (χ2n) is 7.79. The number of benzene rings is 2. The normalized spacial score (nSPS) is 10.9. The van der Waals surface area contributed by atoms with E-state index in [-0.39, 0.29) is 31.6 Å². The third kappa shape index (κ3) is 6.95. The summed E-state index contributed by atoms with van der Waals surface area (Å²) in [7, 11) is 0. The van der Waals surface area contributed by atoms with Gasteiger partial charge in [0, 0.05) is 29.3 Å². The molecule has 0 aliphatic carbocycles. The number of rotatable bonds is 12. The first-order valence-corrected chi connectivity index (χ1v) is 10.9. The number of amides is 1. The lowest BCUT2D eigenvalue weighted by atomic mass is 10.1. The van der Waals surface area contributed by atoms with E-state index in [2.05, 4.69) is 0 Å². The fourth-order valence-electron chi connectivity index (χ4n) is 3.31. The predicted molar refractivity (Wildman–Crippen MR) is 124 cm³/mol.